The highest BCUT2D eigenvalue weighted by Crippen LogP contribution is 2.29. The minimum absolute atomic E-state index is 0.178. The Morgan fingerprint density at radius 2 is 2.33 bits per heavy atom. The van der Waals surface area contributed by atoms with Crippen molar-refractivity contribution in [3.05, 3.63) is 0 Å². The highest BCUT2D eigenvalue weighted by molar-refractivity contribution is 6.04. The number of carbonyl (C=O) groups excluding carboxylic acids is 1. The van der Waals surface area contributed by atoms with Crippen molar-refractivity contribution in [2.45, 2.75) is 25.8 Å². The third kappa shape index (κ3) is 2.12. The summed E-state index contributed by atoms with van der Waals surface area (Å²) in [5.41, 5.74) is 0. The Hall–Kier alpha value is -0.705. The molecular weight excluding hydrogens is 191 g/mol. The lowest BCUT2D eigenvalue weighted by Gasteiger charge is -2.36. The van der Waals surface area contributed by atoms with E-state index in [1.165, 1.54) is 6.42 Å². The summed E-state index contributed by atoms with van der Waals surface area (Å²) in [7, 11) is 5.79. The molecule has 0 unspecified atom stereocenters. The summed E-state index contributed by atoms with van der Waals surface area (Å²) in [5.74, 6) is 0.535. The summed E-state index contributed by atoms with van der Waals surface area (Å²) in [6.07, 6.45) is 2.06. The smallest absolute Gasteiger partial charge is 0.410 e. The Morgan fingerprint density at radius 3 is 3.07 bits per heavy atom. The molecule has 2 radical (unpaired) electrons. The van der Waals surface area contributed by atoms with E-state index in [9.17, 15) is 4.79 Å². The SMILES string of the molecule is [B]N1C[C@H]2CCCN(C(=O)OCC)[C@H]2C1. The van der Waals surface area contributed by atoms with Crippen LogP contribution in [0.15, 0.2) is 0 Å². The van der Waals surface area contributed by atoms with E-state index in [1.807, 2.05) is 16.6 Å². The van der Waals surface area contributed by atoms with Crippen molar-refractivity contribution in [3.63, 3.8) is 0 Å². The average Bonchev–Trinajstić information content (AvgIpc) is 2.57. The fourth-order valence-corrected chi connectivity index (χ4v) is 2.65. The zero-order valence-electron chi connectivity index (χ0n) is 9.19. The maximum absolute atomic E-state index is 11.7. The number of rotatable bonds is 1. The Balaban J connectivity index is 2.02. The summed E-state index contributed by atoms with van der Waals surface area (Å²) >= 11 is 0. The van der Waals surface area contributed by atoms with Gasteiger partial charge in [-0.3, -0.25) is 0 Å². The molecule has 2 aliphatic heterocycles. The Morgan fingerprint density at radius 1 is 1.53 bits per heavy atom. The molecule has 0 aromatic carbocycles. The largest absolute Gasteiger partial charge is 0.450 e. The molecule has 82 valence electrons. The highest BCUT2D eigenvalue weighted by atomic mass is 16.6. The molecule has 0 aromatic rings. The second-order valence-electron chi connectivity index (χ2n) is 4.32. The van der Waals surface area contributed by atoms with Crippen LogP contribution in [-0.4, -0.2) is 56.1 Å². The van der Waals surface area contributed by atoms with Gasteiger partial charge in [0.1, 0.15) is 0 Å². The maximum Gasteiger partial charge on any atom is 0.410 e. The number of piperidine rings is 1. The molecule has 2 rings (SSSR count). The zero-order valence-corrected chi connectivity index (χ0v) is 9.19. The van der Waals surface area contributed by atoms with Crippen LogP contribution in [0.4, 0.5) is 4.79 Å². The third-order valence-electron chi connectivity index (χ3n) is 3.31. The monoisotopic (exact) mass is 208 g/mol. The summed E-state index contributed by atoms with van der Waals surface area (Å²) in [6, 6.07) is 0.266. The first-order valence-corrected chi connectivity index (χ1v) is 5.65. The number of amides is 1. The molecular formula is C10H17BN2O2. The van der Waals surface area contributed by atoms with E-state index < -0.39 is 0 Å². The maximum atomic E-state index is 11.7. The zero-order chi connectivity index (χ0) is 10.8. The van der Waals surface area contributed by atoms with Gasteiger partial charge in [-0.25, -0.2) is 4.79 Å². The molecule has 2 heterocycles. The van der Waals surface area contributed by atoms with Crippen molar-refractivity contribution >= 4 is 14.1 Å². The lowest BCUT2D eigenvalue weighted by atomic mass is 9.92. The van der Waals surface area contributed by atoms with Crippen LogP contribution in [0.5, 0.6) is 0 Å². The van der Waals surface area contributed by atoms with Crippen LogP contribution < -0.4 is 0 Å². The fraction of sp³-hybridized carbons (Fsp3) is 0.900. The van der Waals surface area contributed by atoms with Gasteiger partial charge in [0, 0.05) is 13.1 Å². The van der Waals surface area contributed by atoms with Gasteiger partial charge >= 0.3 is 6.09 Å². The summed E-state index contributed by atoms with van der Waals surface area (Å²) in [6.45, 7) is 4.78. The average molecular weight is 208 g/mol. The van der Waals surface area contributed by atoms with Crippen molar-refractivity contribution in [2.75, 3.05) is 26.2 Å². The highest BCUT2D eigenvalue weighted by Gasteiger charge is 2.39. The molecule has 2 aliphatic rings. The van der Waals surface area contributed by atoms with Crippen LogP contribution in [0, 0.1) is 5.92 Å². The van der Waals surface area contributed by atoms with E-state index in [0.29, 0.717) is 12.5 Å². The molecule has 2 saturated heterocycles. The van der Waals surface area contributed by atoms with Gasteiger partial charge in [0.15, 0.2) is 7.98 Å². The molecule has 1 amide bonds. The number of hydrogen-bond donors (Lipinski definition) is 0. The summed E-state index contributed by atoms with van der Waals surface area (Å²) in [4.78, 5) is 15.4. The number of likely N-dealkylation sites (tertiary alicyclic amines) is 1. The molecule has 0 bridgehead atoms. The summed E-state index contributed by atoms with van der Waals surface area (Å²) < 4.78 is 5.05. The second kappa shape index (κ2) is 4.43. The first kappa shape index (κ1) is 10.8. The molecule has 0 N–H and O–H groups in total. The Kier molecular flexibility index (Phi) is 3.19. The van der Waals surface area contributed by atoms with Gasteiger partial charge in [-0.1, -0.05) is 0 Å². The van der Waals surface area contributed by atoms with Crippen LogP contribution >= 0.6 is 0 Å². The van der Waals surface area contributed by atoms with Crippen molar-refractivity contribution in [1.82, 2.24) is 9.71 Å². The van der Waals surface area contributed by atoms with Gasteiger partial charge in [0.05, 0.1) is 12.6 Å². The van der Waals surface area contributed by atoms with Gasteiger partial charge in [0.25, 0.3) is 0 Å². The van der Waals surface area contributed by atoms with E-state index in [-0.39, 0.29) is 12.1 Å². The molecule has 5 heteroatoms. The standard InChI is InChI=1S/C10H17BN2O2/c1-2-15-10(14)13-5-3-4-8-6-12(11)7-9(8)13/h8-9H,2-7H2,1H3/t8-,9+/m1/s1. The van der Waals surface area contributed by atoms with Gasteiger partial charge < -0.3 is 14.4 Å². The number of ether oxygens (including phenoxy) is 1. The molecule has 2 atom stereocenters. The normalized spacial score (nSPS) is 31.4. The summed E-state index contributed by atoms with van der Waals surface area (Å²) in [5, 5.41) is 0. The molecule has 0 aliphatic carbocycles. The van der Waals surface area contributed by atoms with Crippen molar-refractivity contribution in [2.24, 2.45) is 5.92 Å². The number of hydrogen-bond acceptors (Lipinski definition) is 3. The molecule has 0 aromatic heterocycles. The van der Waals surface area contributed by atoms with Crippen molar-refractivity contribution < 1.29 is 9.53 Å². The van der Waals surface area contributed by atoms with E-state index in [0.717, 1.165) is 26.1 Å². The lowest BCUT2D eigenvalue weighted by molar-refractivity contribution is 0.0691. The fourth-order valence-electron chi connectivity index (χ4n) is 2.65. The van der Waals surface area contributed by atoms with Gasteiger partial charge in [-0.15, -0.1) is 0 Å². The number of carbonyl (C=O) groups is 1. The molecule has 0 saturated carbocycles. The Labute approximate surface area is 92.0 Å². The van der Waals surface area contributed by atoms with Crippen molar-refractivity contribution in [3.8, 4) is 0 Å². The van der Waals surface area contributed by atoms with Crippen LogP contribution in [-0.2, 0) is 4.74 Å². The lowest BCUT2D eigenvalue weighted by Crippen LogP contribution is -2.48. The van der Waals surface area contributed by atoms with E-state index >= 15 is 0 Å². The Bertz CT molecular complexity index is 250. The van der Waals surface area contributed by atoms with Gasteiger partial charge in [0.2, 0.25) is 0 Å². The minimum Gasteiger partial charge on any atom is -0.450 e. The second-order valence-corrected chi connectivity index (χ2v) is 4.32. The third-order valence-corrected chi connectivity index (χ3v) is 3.31. The van der Waals surface area contributed by atoms with Crippen LogP contribution in [0.1, 0.15) is 19.8 Å². The predicted molar refractivity (Wildman–Crippen MR) is 57.6 cm³/mol. The molecule has 15 heavy (non-hydrogen) atoms. The molecule has 2 fully saturated rings. The molecule has 0 spiro atoms. The molecule has 4 nitrogen and oxygen atoms in total. The van der Waals surface area contributed by atoms with E-state index in [2.05, 4.69) is 0 Å². The minimum atomic E-state index is -0.178. The van der Waals surface area contributed by atoms with Crippen LogP contribution in [0.2, 0.25) is 0 Å². The van der Waals surface area contributed by atoms with Crippen molar-refractivity contribution in [1.29, 1.82) is 0 Å². The number of nitrogens with zero attached hydrogens (tertiary/aromatic N) is 2. The quantitative estimate of drug-likeness (QED) is 0.592. The predicted octanol–water partition coefficient (Wildman–Crippen LogP) is 0.623. The van der Waals surface area contributed by atoms with Gasteiger partial charge in [-0.05, 0) is 32.2 Å². The van der Waals surface area contributed by atoms with E-state index in [4.69, 9.17) is 12.7 Å². The topological polar surface area (TPSA) is 32.8 Å². The first-order valence-electron chi connectivity index (χ1n) is 5.65. The number of fused-ring (bicyclic) bond motifs is 1. The van der Waals surface area contributed by atoms with Crippen LogP contribution in [0.25, 0.3) is 0 Å². The first-order chi connectivity index (χ1) is 7.22. The van der Waals surface area contributed by atoms with Crippen LogP contribution in [0.3, 0.4) is 0 Å². The van der Waals surface area contributed by atoms with E-state index in [1.54, 1.807) is 0 Å². The van der Waals surface area contributed by atoms with Gasteiger partial charge in [-0.2, -0.15) is 0 Å².